The maximum atomic E-state index is 14.4. The van der Waals surface area contributed by atoms with E-state index in [4.69, 9.17) is 18.9 Å². The number of hydrogen-bond donors (Lipinski definition) is 6. The van der Waals surface area contributed by atoms with E-state index in [1.807, 2.05) is 56.3 Å². The van der Waals surface area contributed by atoms with Crippen molar-refractivity contribution in [2.45, 2.75) is 141 Å². The minimum absolute atomic E-state index is 0.0148. The van der Waals surface area contributed by atoms with E-state index in [1.165, 1.54) is 20.8 Å². The van der Waals surface area contributed by atoms with Crippen LogP contribution in [0, 0.1) is 17.8 Å². The van der Waals surface area contributed by atoms with E-state index in [-0.39, 0.29) is 38.1 Å². The number of ketones is 1. The number of rotatable bonds is 10. The number of aliphatic hydroxyl groups is 4. The number of aromatic nitrogens is 1. The molecule has 6 N–H and O–H groups in total. The average Bonchev–Trinajstić information content (AvgIpc) is 3.15. The number of para-hydroxylation sites is 1. The lowest BCUT2D eigenvalue weighted by atomic mass is 9.79. The SMILES string of the molecule is CC[C@H]1OC(=O)[C@H](C)C(=O)[C@H](C)[C@@H](O[C@@H]2O[C@H](C)C[C@H](N(C)C)[C@H]2O)[C@](C)(OC[C@@H](O)CNc2cnc3ccccc3c2)C[C@@H](C)NC(=O)[C@H](C)[C@@H](O)[C@]1(C)O. The summed E-state index contributed by atoms with van der Waals surface area (Å²) in [7, 11) is 3.68. The summed E-state index contributed by atoms with van der Waals surface area (Å²) in [5, 5.41) is 52.5. The van der Waals surface area contributed by atoms with Crippen molar-refractivity contribution >= 4 is 34.3 Å². The third-order valence-corrected chi connectivity index (χ3v) is 11.4. The molecule has 15 nitrogen and oxygen atoms in total. The number of benzene rings is 1. The Morgan fingerprint density at radius 2 is 1.75 bits per heavy atom. The van der Waals surface area contributed by atoms with Gasteiger partial charge in [-0.05, 0) is 80.1 Å². The van der Waals surface area contributed by atoms with Crippen LogP contribution < -0.4 is 10.6 Å². The number of aliphatic hydroxyl groups excluding tert-OH is 3. The molecule has 1 aromatic heterocycles. The molecular weight excluding hydrogens is 724 g/mol. The summed E-state index contributed by atoms with van der Waals surface area (Å²) in [5.41, 5.74) is -2.00. The quantitative estimate of drug-likeness (QED) is 0.151. The van der Waals surface area contributed by atoms with E-state index in [9.17, 15) is 34.8 Å². The molecule has 1 aromatic carbocycles. The molecule has 0 aliphatic carbocycles. The number of ether oxygens (including phenoxy) is 4. The third-order valence-electron chi connectivity index (χ3n) is 11.4. The Morgan fingerprint density at radius 1 is 1.07 bits per heavy atom. The first kappa shape index (κ1) is 45.4. The van der Waals surface area contributed by atoms with Crippen molar-refractivity contribution in [3.63, 3.8) is 0 Å². The summed E-state index contributed by atoms with van der Waals surface area (Å²) >= 11 is 0. The standard InChI is InChI=1S/C41H64N4O11/c1-11-32-41(8,52)35(49)26(6)37(50)44-22(2)18-40(7,53-21-29(46)20-42-28-17-27-14-12-13-15-30(27)43-19-28)36(24(4)33(47)25(5)38(51)55-32)56-39-34(48)31(45(9)10)16-23(3)54-39/h12-15,17,19,22-26,29,31-32,34-36,39,42,46,48-49,52H,11,16,18,20-21H2,1-10H3,(H,44,50)/t22-,23-,24+,25-,26-,29+,31+,32-,34-,35-,36-,39+,40-,41-/m1/s1. The fourth-order valence-electron chi connectivity index (χ4n) is 7.99. The minimum atomic E-state index is -2.04. The van der Waals surface area contributed by atoms with Crippen molar-refractivity contribution in [1.29, 1.82) is 0 Å². The van der Waals surface area contributed by atoms with Gasteiger partial charge in [-0.3, -0.25) is 19.4 Å². The molecule has 314 valence electrons. The Kier molecular flexibility index (Phi) is 15.4. The highest BCUT2D eigenvalue weighted by atomic mass is 16.7. The molecule has 14 atom stereocenters. The van der Waals surface area contributed by atoms with Crippen LogP contribution in [0.5, 0.6) is 0 Å². The summed E-state index contributed by atoms with van der Waals surface area (Å²) in [5.74, 6) is -5.67. The van der Waals surface area contributed by atoms with E-state index in [1.54, 1.807) is 33.9 Å². The van der Waals surface area contributed by atoms with Crippen LogP contribution in [0.25, 0.3) is 10.9 Å². The van der Waals surface area contributed by atoms with Crippen LogP contribution >= 0.6 is 0 Å². The number of carbonyl (C=O) groups excluding carboxylic acids is 3. The van der Waals surface area contributed by atoms with Gasteiger partial charge in [0.25, 0.3) is 0 Å². The second-order valence-electron chi connectivity index (χ2n) is 16.5. The fourth-order valence-corrected chi connectivity index (χ4v) is 7.99. The first-order valence-electron chi connectivity index (χ1n) is 19.7. The molecule has 2 aliphatic heterocycles. The molecule has 3 heterocycles. The molecule has 56 heavy (non-hydrogen) atoms. The van der Waals surface area contributed by atoms with Crippen LogP contribution in [-0.2, 0) is 33.3 Å². The topological polar surface area (TPSA) is 209 Å². The predicted octanol–water partition coefficient (Wildman–Crippen LogP) is 2.41. The molecule has 0 saturated carbocycles. The van der Waals surface area contributed by atoms with Crippen LogP contribution in [0.3, 0.4) is 0 Å². The monoisotopic (exact) mass is 788 g/mol. The zero-order chi connectivity index (χ0) is 41.7. The van der Waals surface area contributed by atoms with Crippen molar-refractivity contribution < 1.29 is 53.8 Å². The molecule has 2 saturated heterocycles. The molecule has 1 amide bonds. The van der Waals surface area contributed by atoms with E-state index < -0.39 is 89.5 Å². The van der Waals surface area contributed by atoms with Crippen LogP contribution in [0.1, 0.15) is 74.7 Å². The number of Topliss-reactive ketones (excluding diaryl/α,β-unsaturated/α-hetero) is 1. The van der Waals surface area contributed by atoms with Gasteiger partial charge in [0, 0.05) is 29.9 Å². The Labute approximate surface area is 330 Å². The minimum Gasteiger partial charge on any atom is -0.459 e. The lowest BCUT2D eigenvalue weighted by molar-refractivity contribution is -0.298. The molecule has 2 aromatic rings. The van der Waals surface area contributed by atoms with Crippen molar-refractivity contribution in [3.8, 4) is 0 Å². The Balaban J connectivity index is 1.72. The molecule has 15 heteroatoms. The summed E-state index contributed by atoms with van der Waals surface area (Å²) in [6.45, 7) is 12.5. The molecule has 0 radical (unpaired) electrons. The Hall–Kier alpha value is -3.28. The van der Waals surface area contributed by atoms with Crippen molar-refractivity contribution in [2.24, 2.45) is 17.8 Å². The van der Waals surface area contributed by atoms with Crippen LogP contribution in [0.2, 0.25) is 0 Å². The lowest BCUT2D eigenvalue weighted by Gasteiger charge is -2.47. The second-order valence-corrected chi connectivity index (χ2v) is 16.5. The van der Waals surface area contributed by atoms with Crippen LogP contribution in [-0.4, -0.2) is 141 Å². The summed E-state index contributed by atoms with van der Waals surface area (Å²) in [6, 6.07) is 8.55. The summed E-state index contributed by atoms with van der Waals surface area (Å²) in [4.78, 5) is 47.9. The van der Waals surface area contributed by atoms with E-state index in [0.29, 0.717) is 12.1 Å². The van der Waals surface area contributed by atoms with Gasteiger partial charge in [-0.2, -0.15) is 0 Å². The highest BCUT2D eigenvalue weighted by Crippen LogP contribution is 2.37. The number of anilines is 1. The number of carbonyl (C=O) groups is 3. The van der Waals surface area contributed by atoms with Gasteiger partial charge in [0.2, 0.25) is 5.91 Å². The zero-order valence-corrected chi connectivity index (χ0v) is 34.5. The largest absolute Gasteiger partial charge is 0.459 e. The van der Waals surface area contributed by atoms with E-state index in [2.05, 4.69) is 15.6 Å². The highest BCUT2D eigenvalue weighted by molar-refractivity contribution is 6.00. The fraction of sp³-hybridized carbons (Fsp3) is 0.707. The molecule has 4 rings (SSSR count). The molecule has 0 bridgehead atoms. The number of amides is 1. The second kappa shape index (κ2) is 19.0. The number of esters is 1. The first-order chi connectivity index (χ1) is 26.2. The highest BCUT2D eigenvalue weighted by Gasteiger charge is 2.51. The molecular formula is C41H64N4O11. The van der Waals surface area contributed by atoms with E-state index >= 15 is 0 Å². The van der Waals surface area contributed by atoms with Gasteiger partial charge in [-0.1, -0.05) is 39.0 Å². The summed E-state index contributed by atoms with van der Waals surface area (Å²) in [6.07, 6.45) is -5.55. The van der Waals surface area contributed by atoms with Gasteiger partial charge in [0.15, 0.2) is 12.1 Å². The number of nitrogens with one attached hydrogen (secondary N) is 2. The number of nitrogens with zero attached hydrogens (tertiary/aromatic N) is 2. The van der Waals surface area contributed by atoms with Gasteiger partial charge in [-0.15, -0.1) is 0 Å². The number of hydrogen-bond acceptors (Lipinski definition) is 14. The zero-order valence-electron chi connectivity index (χ0n) is 34.5. The lowest BCUT2D eigenvalue weighted by Crippen LogP contribution is -2.60. The van der Waals surface area contributed by atoms with Crippen molar-refractivity contribution in [2.75, 3.05) is 32.6 Å². The summed E-state index contributed by atoms with van der Waals surface area (Å²) < 4.78 is 25.1. The van der Waals surface area contributed by atoms with Gasteiger partial charge in [-0.25, -0.2) is 0 Å². The van der Waals surface area contributed by atoms with Crippen LogP contribution in [0.15, 0.2) is 36.5 Å². The van der Waals surface area contributed by atoms with Crippen molar-refractivity contribution in [1.82, 2.24) is 15.2 Å². The normalized spacial score (nSPS) is 37.3. The first-order valence-corrected chi connectivity index (χ1v) is 19.7. The number of cyclic esters (lactones) is 1. The van der Waals surface area contributed by atoms with Crippen LogP contribution in [0.4, 0.5) is 5.69 Å². The Morgan fingerprint density at radius 3 is 2.41 bits per heavy atom. The Bertz CT molecular complexity index is 1640. The smallest absolute Gasteiger partial charge is 0.316 e. The predicted molar refractivity (Wildman–Crippen MR) is 209 cm³/mol. The average molecular weight is 789 g/mol. The number of likely N-dealkylation sites (N-methyl/N-ethyl adjacent to an activating group) is 1. The molecule has 0 unspecified atom stereocenters. The molecule has 2 aliphatic rings. The van der Waals surface area contributed by atoms with Gasteiger partial charge < -0.3 is 54.9 Å². The van der Waals surface area contributed by atoms with Crippen molar-refractivity contribution in [3.05, 3.63) is 36.5 Å². The molecule has 2 fully saturated rings. The van der Waals surface area contributed by atoms with E-state index in [0.717, 1.165) is 10.9 Å². The number of fused-ring (bicyclic) bond motifs is 1. The third kappa shape index (κ3) is 10.6. The number of pyridine rings is 1. The van der Waals surface area contributed by atoms with Gasteiger partial charge in [0.05, 0.1) is 59.9 Å². The van der Waals surface area contributed by atoms with Gasteiger partial charge in [0.1, 0.15) is 23.7 Å². The molecule has 0 spiro atoms. The maximum absolute atomic E-state index is 14.4. The maximum Gasteiger partial charge on any atom is 0.316 e. The van der Waals surface area contributed by atoms with Gasteiger partial charge >= 0.3 is 5.97 Å².